The second-order valence-electron chi connectivity index (χ2n) is 6.46. The van der Waals surface area contributed by atoms with Gasteiger partial charge in [-0.2, -0.15) is 15.0 Å². The van der Waals surface area contributed by atoms with Crippen LogP contribution in [-0.4, -0.2) is 61.1 Å². The zero-order valence-electron chi connectivity index (χ0n) is 14.2. The van der Waals surface area contributed by atoms with Gasteiger partial charge in [0.1, 0.15) is 17.6 Å². The highest BCUT2D eigenvalue weighted by atomic mass is 32.1. The lowest BCUT2D eigenvalue weighted by Gasteiger charge is -2.35. The molecule has 2 aromatic heterocycles. The first kappa shape index (κ1) is 17.1. The summed E-state index contributed by atoms with van der Waals surface area (Å²) >= 11 is 1.57. The minimum Gasteiger partial charge on any atom is -0.390 e. The Morgan fingerprint density at radius 1 is 1.31 bits per heavy atom. The summed E-state index contributed by atoms with van der Waals surface area (Å²) in [5.74, 6) is -0.192. The van der Waals surface area contributed by atoms with Gasteiger partial charge in [-0.3, -0.25) is 9.69 Å². The Morgan fingerprint density at radius 3 is 2.73 bits per heavy atom. The van der Waals surface area contributed by atoms with Crippen LogP contribution in [0.4, 0.5) is 0 Å². The number of aromatic nitrogens is 4. The van der Waals surface area contributed by atoms with Gasteiger partial charge in [0.05, 0.1) is 23.4 Å². The Morgan fingerprint density at radius 2 is 2.08 bits per heavy atom. The molecular formula is C17H20N6O2S. The number of rotatable bonds is 5. The van der Waals surface area contributed by atoms with Crippen LogP contribution in [0.5, 0.6) is 0 Å². The smallest absolute Gasteiger partial charge is 0.243 e. The van der Waals surface area contributed by atoms with Gasteiger partial charge in [0.25, 0.3) is 0 Å². The number of piperidine rings is 1. The molecule has 0 bridgehead atoms. The SMILES string of the molecule is O=C(Cn1nc2ccccc2n1)N[C@@H]1CCN(Cc2cscn2)C[C@H]1O. The van der Waals surface area contributed by atoms with E-state index >= 15 is 0 Å². The third kappa shape index (κ3) is 3.90. The lowest BCUT2D eigenvalue weighted by Crippen LogP contribution is -2.54. The number of aliphatic hydroxyl groups excluding tert-OH is 1. The van der Waals surface area contributed by atoms with Crippen molar-refractivity contribution in [2.75, 3.05) is 13.1 Å². The Labute approximate surface area is 154 Å². The zero-order valence-corrected chi connectivity index (χ0v) is 15.0. The predicted octanol–water partition coefficient (Wildman–Crippen LogP) is 0.639. The number of carbonyl (C=O) groups excluding carboxylic acids is 1. The normalized spacial score (nSPS) is 21.1. The quantitative estimate of drug-likeness (QED) is 0.682. The monoisotopic (exact) mass is 372 g/mol. The Kier molecular flexibility index (Phi) is 4.91. The van der Waals surface area contributed by atoms with Gasteiger partial charge in [-0.05, 0) is 18.6 Å². The van der Waals surface area contributed by atoms with Crippen LogP contribution in [0.1, 0.15) is 12.1 Å². The number of hydrogen-bond acceptors (Lipinski definition) is 7. The summed E-state index contributed by atoms with van der Waals surface area (Å²) in [5.41, 5.74) is 4.35. The number of carbonyl (C=O) groups is 1. The van der Waals surface area contributed by atoms with E-state index in [1.54, 1.807) is 11.3 Å². The Bertz CT molecular complexity index is 847. The highest BCUT2D eigenvalue weighted by molar-refractivity contribution is 7.07. The van der Waals surface area contributed by atoms with Crippen molar-refractivity contribution in [2.24, 2.45) is 0 Å². The van der Waals surface area contributed by atoms with Crippen LogP contribution in [0, 0.1) is 0 Å². The fourth-order valence-electron chi connectivity index (χ4n) is 3.21. The third-order valence-electron chi connectivity index (χ3n) is 4.49. The number of benzene rings is 1. The third-order valence-corrected chi connectivity index (χ3v) is 5.13. The first-order valence-electron chi connectivity index (χ1n) is 8.54. The van der Waals surface area contributed by atoms with Gasteiger partial charge >= 0.3 is 0 Å². The van der Waals surface area contributed by atoms with Crippen LogP contribution < -0.4 is 5.32 Å². The van der Waals surface area contributed by atoms with E-state index in [2.05, 4.69) is 25.4 Å². The first-order chi connectivity index (χ1) is 12.7. The highest BCUT2D eigenvalue weighted by Crippen LogP contribution is 2.15. The molecule has 0 aliphatic carbocycles. The number of fused-ring (bicyclic) bond motifs is 1. The van der Waals surface area contributed by atoms with E-state index in [0.29, 0.717) is 13.0 Å². The van der Waals surface area contributed by atoms with Gasteiger partial charge in [0.15, 0.2) is 0 Å². The van der Waals surface area contributed by atoms with E-state index in [1.165, 1.54) is 4.80 Å². The fraction of sp³-hybridized carbons (Fsp3) is 0.412. The molecule has 2 atom stereocenters. The van der Waals surface area contributed by atoms with E-state index < -0.39 is 6.10 Å². The molecule has 3 aromatic rings. The van der Waals surface area contributed by atoms with Crippen LogP contribution in [-0.2, 0) is 17.9 Å². The molecule has 1 fully saturated rings. The summed E-state index contributed by atoms with van der Waals surface area (Å²) in [7, 11) is 0. The molecule has 1 saturated heterocycles. The lowest BCUT2D eigenvalue weighted by atomic mass is 10.0. The number of likely N-dealkylation sites (tertiary alicyclic amines) is 1. The lowest BCUT2D eigenvalue weighted by molar-refractivity contribution is -0.124. The topological polar surface area (TPSA) is 96.2 Å². The molecule has 8 nitrogen and oxygen atoms in total. The van der Waals surface area contributed by atoms with Gasteiger partial charge in [-0.25, -0.2) is 4.98 Å². The summed E-state index contributed by atoms with van der Waals surface area (Å²) in [6, 6.07) is 7.24. The van der Waals surface area contributed by atoms with Crippen molar-refractivity contribution in [3.8, 4) is 0 Å². The summed E-state index contributed by atoms with van der Waals surface area (Å²) < 4.78 is 0. The molecule has 0 radical (unpaired) electrons. The molecule has 4 rings (SSSR count). The Balaban J connectivity index is 1.30. The number of hydrogen-bond donors (Lipinski definition) is 2. The van der Waals surface area contributed by atoms with Crippen molar-refractivity contribution < 1.29 is 9.90 Å². The van der Waals surface area contributed by atoms with Gasteiger partial charge in [-0.1, -0.05) is 12.1 Å². The van der Waals surface area contributed by atoms with E-state index in [4.69, 9.17) is 0 Å². The summed E-state index contributed by atoms with van der Waals surface area (Å²) in [6.45, 7) is 2.10. The van der Waals surface area contributed by atoms with Gasteiger partial charge < -0.3 is 10.4 Å². The Hall–Kier alpha value is -2.36. The average Bonchev–Trinajstić information content (AvgIpc) is 3.26. The number of amides is 1. The largest absolute Gasteiger partial charge is 0.390 e. The maximum Gasteiger partial charge on any atom is 0.243 e. The van der Waals surface area contributed by atoms with Crippen molar-refractivity contribution >= 4 is 28.3 Å². The highest BCUT2D eigenvalue weighted by Gasteiger charge is 2.29. The van der Waals surface area contributed by atoms with E-state index in [1.807, 2.05) is 35.2 Å². The molecule has 0 saturated carbocycles. The van der Waals surface area contributed by atoms with E-state index in [-0.39, 0.29) is 18.5 Å². The number of aliphatic hydroxyl groups is 1. The van der Waals surface area contributed by atoms with Gasteiger partial charge in [0, 0.05) is 25.0 Å². The average molecular weight is 372 g/mol. The predicted molar refractivity (Wildman–Crippen MR) is 97.5 cm³/mol. The minimum atomic E-state index is -0.601. The second-order valence-corrected chi connectivity index (χ2v) is 7.18. The molecule has 2 N–H and O–H groups in total. The van der Waals surface area contributed by atoms with Crippen molar-refractivity contribution in [3.63, 3.8) is 0 Å². The fourth-order valence-corrected chi connectivity index (χ4v) is 3.76. The van der Waals surface area contributed by atoms with Crippen LogP contribution in [0.2, 0.25) is 0 Å². The van der Waals surface area contributed by atoms with Crippen molar-refractivity contribution in [3.05, 3.63) is 40.8 Å². The summed E-state index contributed by atoms with van der Waals surface area (Å²) in [5, 5.41) is 23.9. The summed E-state index contributed by atoms with van der Waals surface area (Å²) in [6.07, 6.45) is 0.0990. The minimum absolute atomic E-state index is 0.0421. The molecule has 1 aromatic carbocycles. The van der Waals surface area contributed by atoms with Crippen LogP contribution in [0.15, 0.2) is 35.2 Å². The molecule has 1 aliphatic rings. The maximum atomic E-state index is 12.3. The number of thiazole rings is 1. The molecule has 0 unspecified atom stereocenters. The van der Waals surface area contributed by atoms with Crippen LogP contribution in [0.25, 0.3) is 11.0 Å². The molecule has 3 heterocycles. The van der Waals surface area contributed by atoms with Crippen molar-refractivity contribution in [1.29, 1.82) is 0 Å². The van der Waals surface area contributed by atoms with E-state index in [0.717, 1.165) is 29.8 Å². The molecular weight excluding hydrogens is 352 g/mol. The van der Waals surface area contributed by atoms with Crippen LogP contribution in [0.3, 0.4) is 0 Å². The molecule has 9 heteroatoms. The standard InChI is InChI=1S/C17H20N6O2S/c24-16-8-22(7-12-10-26-11-18-12)6-5-15(16)19-17(25)9-23-20-13-3-1-2-4-14(13)21-23/h1-4,10-11,15-16,24H,5-9H2,(H,19,25)/t15-,16-/m1/s1. The van der Waals surface area contributed by atoms with Gasteiger partial charge in [0.2, 0.25) is 5.91 Å². The molecule has 26 heavy (non-hydrogen) atoms. The van der Waals surface area contributed by atoms with Crippen LogP contribution >= 0.6 is 11.3 Å². The first-order valence-corrected chi connectivity index (χ1v) is 9.48. The summed E-state index contributed by atoms with van der Waals surface area (Å²) in [4.78, 5) is 20.1. The molecule has 1 amide bonds. The number of β-amino-alcohol motifs (C(OH)–C–C–N with tert-alkyl or cyclic N) is 1. The zero-order chi connectivity index (χ0) is 17.9. The van der Waals surface area contributed by atoms with E-state index in [9.17, 15) is 9.90 Å². The number of nitrogens with one attached hydrogen (secondary N) is 1. The molecule has 1 aliphatic heterocycles. The maximum absolute atomic E-state index is 12.3. The molecule has 0 spiro atoms. The van der Waals surface area contributed by atoms with Gasteiger partial charge in [-0.15, -0.1) is 11.3 Å². The second kappa shape index (κ2) is 7.48. The van der Waals surface area contributed by atoms with Crippen molar-refractivity contribution in [1.82, 2.24) is 30.2 Å². The number of nitrogens with zero attached hydrogens (tertiary/aromatic N) is 5. The molecule has 136 valence electrons. The van der Waals surface area contributed by atoms with Crippen molar-refractivity contribution in [2.45, 2.75) is 31.7 Å².